The molecule has 0 spiro atoms. The number of hydrazine groups is 1. The molecule has 24 heavy (non-hydrogen) atoms. The lowest BCUT2D eigenvalue weighted by atomic mass is 10.0. The summed E-state index contributed by atoms with van der Waals surface area (Å²) >= 11 is 4.51. The van der Waals surface area contributed by atoms with Crippen LogP contribution in [0.15, 0.2) is 15.9 Å². The quantitative estimate of drug-likeness (QED) is 0.687. The number of thiophene rings is 1. The van der Waals surface area contributed by atoms with E-state index < -0.39 is 27.9 Å². The summed E-state index contributed by atoms with van der Waals surface area (Å²) in [7, 11) is -3.46. The molecule has 0 aromatic carbocycles. The lowest BCUT2D eigenvalue weighted by molar-refractivity contribution is -0.126. The van der Waals surface area contributed by atoms with E-state index in [4.69, 9.17) is 0 Å². The number of amides is 2. The van der Waals surface area contributed by atoms with Gasteiger partial charge in [-0.2, -0.15) is 4.31 Å². The molecule has 10 heteroatoms. The lowest BCUT2D eigenvalue weighted by Crippen LogP contribution is -2.55. The fourth-order valence-corrected chi connectivity index (χ4v) is 5.60. The predicted octanol–water partition coefficient (Wildman–Crippen LogP) is 1.87. The van der Waals surface area contributed by atoms with Gasteiger partial charge in [0.1, 0.15) is 6.04 Å². The van der Waals surface area contributed by atoms with E-state index in [-0.39, 0.29) is 5.75 Å². The van der Waals surface area contributed by atoms with Crippen LogP contribution in [0.2, 0.25) is 0 Å². The summed E-state index contributed by atoms with van der Waals surface area (Å²) < 4.78 is 26.7. The Morgan fingerprint density at radius 1 is 1.33 bits per heavy atom. The molecule has 2 N–H and O–H groups in total. The van der Waals surface area contributed by atoms with E-state index in [0.29, 0.717) is 24.3 Å². The first-order valence-electron chi connectivity index (χ1n) is 7.70. The van der Waals surface area contributed by atoms with E-state index in [9.17, 15) is 18.0 Å². The number of rotatable bonds is 5. The normalized spacial score (nSPS) is 19.0. The van der Waals surface area contributed by atoms with E-state index in [1.807, 2.05) is 0 Å². The number of nitrogens with one attached hydrogen (secondary N) is 2. The maximum Gasteiger partial charge on any atom is 0.279 e. The SMILES string of the molecule is CCCS(=O)(=O)N1CCCCC1C(=O)NNC(=O)c1ccc(Br)s1. The maximum absolute atomic E-state index is 12.4. The Hall–Kier alpha value is -0.970. The van der Waals surface area contributed by atoms with Crippen LogP contribution in [-0.4, -0.2) is 42.9 Å². The molecule has 0 aliphatic carbocycles. The zero-order valence-corrected chi connectivity index (χ0v) is 16.5. The van der Waals surface area contributed by atoms with E-state index in [2.05, 4.69) is 26.8 Å². The summed E-state index contributed by atoms with van der Waals surface area (Å²) in [6.45, 7) is 2.13. The Kier molecular flexibility index (Phi) is 6.79. The summed E-state index contributed by atoms with van der Waals surface area (Å²) in [6.07, 6.45) is 2.47. The molecule has 0 bridgehead atoms. The Labute approximate surface area is 153 Å². The molecule has 2 amide bonds. The third-order valence-electron chi connectivity index (χ3n) is 3.67. The molecule has 2 rings (SSSR count). The van der Waals surface area contributed by atoms with Crippen molar-refractivity contribution in [3.8, 4) is 0 Å². The number of nitrogens with zero attached hydrogens (tertiary/aromatic N) is 1. The van der Waals surface area contributed by atoms with Gasteiger partial charge in [0.15, 0.2) is 0 Å². The van der Waals surface area contributed by atoms with Gasteiger partial charge in [0, 0.05) is 6.54 Å². The number of piperidine rings is 1. The Morgan fingerprint density at radius 2 is 2.08 bits per heavy atom. The topological polar surface area (TPSA) is 95.6 Å². The molecule has 1 saturated heterocycles. The van der Waals surface area contributed by atoms with Crippen molar-refractivity contribution in [1.29, 1.82) is 0 Å². The average Bonchev–Trinajstić information content (AvgIpc) is 2.99. The average molecular weight is 438 g/mol. The fourth-order valence-electron chi connectivity index (χ4n) is 2.57. The van der Waals surface area contributed by atoms with Crippen molar-refractivity contribution in [2.24, 2.45) is 0 Å². The van der Waals surface area contributed by atoms with E-state index in [1.54, 1.807) is 19.1 Å². The molecule has 0 radical (unpaired) electrons. The second-order valence-electron chi connectivity index (χ2n) is 5.49. The van der Waals surface area contributed by atoms with Crippen LogP contribution in [0.1, 0.15) is 42.3 Å². The molecule has 7 nitrogen and oxygen atoms in total. The van der Waals surface area contributed by atoms with Crippen molar-refractivity contribution in [2.45, 2.75) is 38.6 Å². The number of hydrogen-bond donors (Lipinski definition) is 2. The highest BCUT2D eigenvalue weighted by Crippen LogP contribution is 2.22. The van der Waals surface area contributed by atoms with Gasteiger partial charge >= 0.3 is 0 Å². The molecule has 1 fully saturated rings. The second kappa shape index (κ2) is 8.41. The minimum atomic E-state index is -3.46. The monoisotopic (exact) mass is 437 g/mol. The van der Waals surface area contributed by atoms with Crippen LogP contribution in [0.3, 0.4) is 0 Å². The van der Waals surface area contributed by atoms with Crippen LogP contribution < -0.4 is 10.9 Å². The van der Waals surface area contributed by atoms with E-state index in [1.165, 1.54) is 15.6 Å². The van der Waals surface area contributed by atoms with Gasteiger partial charge in [0.25, 0.3) is 11.8 Å². The third-order valence-corrected chi connectivity index (χ3v) is 7.37. The minimum Gasteiger partial charge on any atom is -0.271 e. The van der Waals surface area contributed by atoms with Crippen molar-refractivity contribution < 1.29 is 18.0 Å². The molecule has 1 aliphatic rings. The van der Waals surface area contributed by atoms with Gasteiger partial charge in [-0.25, -0.2) is 8.42 Å². The lowest BCUT2D eigenvalue weighted by Gasteiger charge is -2.33. The zero-order chi connectivity index (χ0) is 17.7. The number of sulfonamides is 1. The minimum absolute atomic E-state index is 0.0202. The van der Waals surface area contributed by atoms with Gasteiger partial charge in [0.05, 0.1) is 14.4 Å². The van der Waals surface area contributed by atoms with Crippen molar-refractivity contribution in [1.82, 2.24) is 15.2 Å². The largest absolute Gasteiger partial charge is 0.279 e. The summed E-state index contributed by atoms with van der Waals surface area (Å²) in [4.78, 5) is 24.8. The first kappa shape index (κ1) is 19.4. The molecule has 2 heterocycles. The number of carbonyl (C=O) groups is 2. The van der Waals surface area contributed by atoms with E-state index >= 15 is 0 Å². The Balaban J connectivity index is 2.00. The summed E-state index contributed by atoms with van der Waals surface area (Å²) in [6, 6.07) is 2.60. The summed E-state index contributed by atoms with van der Waals surface area (Å²) in [5.41, 5.74) is 4.69. The molecule has 1 unspecified atom stereocenters. The number of halogens is 1. The van der Waals surface area contributed by atoms with Crippen LogP contribution in [0.4, 0.5) is 0 Å². The molecule has 1 aromatic rings. The Morgan fingerprint density at radius 3 is 2.71 bits per heavy atom. The molecular weight excluding hydrogens is 418 g/mol. The van der Waals surface area contributed by atoms with Gasteiger partial charge in [-0.3, -0.25) is 20.4 Å². The molecule has 1 atom stereocenters. The Bertz CT molecular complexity index is 705. The van der Waals surface area contributed by atoms with Crippen LogP contribution >= 0.6 is 27.3 Å². The fraction of sp³-hybridized carbons (Fsp3) is 0.571. The third kappa shape index (κ3) is 4.78. The predicted molar refractivity (Wildman–Crippen MR) is 96.1 cm³/mol. The standard InChI is InChI=1S/C14H20BrN3O4S2/c1-2-9-24(21,22)18-8-4-3-5-10(18)13(19)16-17-14(20)11-6-7-12(15)23-11/h6-7,10H,2-5,8-9H2,1H3,(H,16,19)(H,17,20). The summed E-state index contributed by atoms with van der Waals surface area (Å²) in [5, 5.41) is 0. The summed E-state index contributed by atoms with van der Waals surface area (Å²) in [5.74, 6) is -0.914. The highest BCUT2D eigenvalue weighted by molar-refractivity contribution is 9.11. The first-order valence-corrected chi connectivity index (χ1v) is 10.9. The highest BCUT2D eigenvalue weighted by atomic mass is 79.9. The van der Waals surface area contributed by atoms with Gasteiger partial charge in [0.2, 0.25) is 10.0 Å². The number of hydrogen-bond acceptors (Lipinski definition) is 5. The van der Waals surface area contributed by atoms with Crippen molar-refractivity contribution in [3.63, 3.8) is 0 Å². The van der Waals surface area contributed by atoms with Crippen molar-refractivity contribution in [2.75, 3.05) is 12.3 Å². The van der Waals surface area contributed by atoms with Gasteiger partial charge in [-0.05, 0) is 47.3 Å². The van der Waals surface area contributed by atoms with Crippen molar-refractivity contribution in [3.05, 3.63) is 20.8 Å². The molecule has 1 aliphatic heterocycles. The molecular formula is C14H20BrN3O4S2. The second-order valence-corrected chi connectivity index (χ2v) is 9.99. The van der Waals surface area contributed by atoms with Crippen LogP contribution in [0.5, 0.6) is 0 Å². The van der Waals surface area contributed by atoms with Crippen LogP contribution in [0.25, 0.3) is 0 Å². The van der Waals surface area contributed by atoms with Crippen LogP contribution in [-0.2, 0) is 14.8 Å². The van der Waals surface area contributed by atoms with Crippen molar-refractivity contribution >= 4 is 49.1 Å². The number of carbonyl (C=O) groups excluding carboxylic acids is 2. The smallest absolute Gasteiger partial charge is 0.271 e. The van der Waals surface area contributed by atoms with Crippen LogP contribution in [0, 0.1) is 0 Å². The van der Waals surface area contributed by atoms with Gasteiger partial charge in [-0.1, -0.05) is 13.3 Å². The maximum atomic E-state index is 12.4. The first-order chi connectivity index (χ1) is 11.3. The van der Waals surface area contributed by atoms with Gasteiger partial charge in [-0.15, -0.1) is 11.3 Å². The molecule has 0 saturated carbocycles. The van der Waals surface area contributed by atoms with Gasteiger partial charge < -0.3 is 0 Å². The molecule has 134 valence electrons. The zero-order valence-electron chi connectivity index (χ0n) is 13.2. The highest BCUT2D eigenvalue weighted by Gasteiger charge is 2.36. The van der Waals surface area contributed by atoms with E-state index in [0.717, 1.165) is 16.6 Å². The molecule has 1 aromatic heterocycles.